The quantitative estimate of drug-likeness (QED) is 0.169. The van der Waals surface area contributed by atoms with Gasteiger partial charge in [-0.05, 0) is 61.1 Å². The predicted octanol–water partition coefficient (Wildman–Crippen LogP) is 5.19. The largest absolute Gasteiger partial charge is 0.494 e. The molecule has 1 atom stereocenters. The number of ether oxygens (including phenoxy) is 2. The first-order valence-corrected chi connectivity index (χ1v) is 17.4. The Balaban J connectivity index is 1.93. The number of nitrogens with zero attached hydrogens (tertiary/aromatic N) is 4. The van der Waals surface area contributed by atoms with Crippen molar-refractivity contribution >= 4 is 33.2 Å². The average Bonchev–Trinajstić information content (AvgIpc) is 3.73. The molecule has 0 aliphatic rings. The minimum Gasteiger partial charge on any atom is -0.494 e. The monoisotopic (exact) mass is 685 g/mol. The van der Waals surface area contributed by atoms with Crippen molar-refractivity contribution in [1.29, 1.82) is 0 Å². The summed E-state index contributed by atoms with van der Waals surface area (Å²) < 4.78 is 56.6. The van der Waals surface area contributed by atoms with Crippen LogP contribution in [0.15, 0.2) is 77.4 Å². The minimum absolute atomic E-state index is 0.0329. The lowest BCUT2D eigenvalue weighted by Gasteiger charge is -2.42. The first-order chi connectivity index (χ1) is 22.3. The van der Waals surface area contributed by atoms with Gasteiger partial charge in [-0.1, -0.05) is 39.0 Å². The van der Waals surface area contributed by atoms with Gasteiger partial charge in [0.25, 0.3) is 21.8 Å². The van der Waals surface area contributed by atoms with Gasteiger partial charge in [-0.2, -0.15) is 5.10 Å². The number of sulfonamides is 1. The van der Waals surface area contributed by atoms with Crippen molar-refractivity contribution in [2.24, 2.45) is 0 Å². The van der Waals surface area contributed by atoms with Gasteiger partial charge >= 0.3 is 0 Å². The van der Waals surface area contributed by atoms with E-state index in [-0.39, 0.29) is 43.5 Å². The highest BCUT2D eigenvalue weighted by Gasteiger charge is 2.49. The van der Waals surface area contributed by atoms with E-state index in [0.717, 1.165) is 17.7 Å². The fourth-order valence-electron chi connectivity index (χ4n) is 5.30. The third kappa shape index (κ3) is 8.42. The van der Waals surface area contributed by atoms with Gasteiger partial charge < -0.3 is 14.4 Å². The van der Waals surface area contributed by atoms with Crippen LogP contribution in [0.2, 0.25) is 0 Å². The van der Waals surface area contributed by atoms with Gasteiger partial charge in [0.15, 0.2) is 0 Å². The summed E-state index contributed by atoms with van der Waals surface area (Å²) in [6.45, 7) is 8.16. The van der Waals surface area contributed by atoms with Crippen LogP contribution in [-0.2, 0) is 38.1 Å². The SMILES string of the molecule is CCOc1cc(C(=O)N(Cc2nccs2)C(CCCOC)(Cn2cccn2)C(=O)NS(=O)(=O)c2ccccc2F)ccc1C(C)(C)C. The molecule has 0 radical (unpaired) electrons. The molecular weight excluding hydrogens is 646 g/mol. The van der Waals surface area contributed by atoms with Gasteiger partial charge in [-0.25, -0.2) is 22.5 Å². The minimum atomic E-state index is -4.71. The highest BCUT2D eigenvalue weighted by molar-refractivity contribution is 7.90. The average molecular weight is 686 g/mol. The number of benzene rings is 2. The second-order valence-corrected chi connectivity index (χ2v) is 14.5. The third-order valence-corrected chi connectivity index (χ3v) is 9.70. The molecule has 2 amide bonds. The number of thiazole rings is 1. The molecule has 252 valence electrons. The molecule has 0 fully saturated rings. The van der Waals surface area contributed by atoms with Crippen molar-refractivity contribution in [3.05, 3.63) is 94.5 Å². The van der Waals surface area contributed by atoms with E-state index in [1.165, 1.54) is 46.4 Å². The molecule has 2 aromatic heterocycles. The van der Waals surface area contributed by atoms with Crippen molar-refractivity contribution in [3.8, 4) is 5.75 Å². The van der Waals surface area contributed by atoms with Gasteiger partial charge in [0.05, 0.1) is 19.7 Å². The summed E-state index contributed by atoms with van der Waals surface area (Å²) in [6, 6.07) is 11.5. The molecule has 4 rings (SSSR count). The predicted molar refractivity (Wildman–Crippen MR) is 176 cm³/mol. The Morgan fingerprint density at radius 2 is 1.87 bits per heavy atom. The Labute approximate surface area is 278 Å². The number of methoxy groups -OCH3 is 1. The van der Waals surface area contributed by atoms with E-state index in [0.29, 0.717) is 17.4 Å². The molecule has 4 aromatic rings. The van der Waals surface area contributed by atoms with Crippen LogP contribution in [0, 0.1) is 5.82 Å². The standard InChI is InChI=1S/C33H40FN5O6S2/c1-6-45-27-21-24(13-14-25(27)32(2,3)4)30(40)39(22-29-35-17-20-46-29)33(15-9-19-44-5,23-38-18-10-16-36-38)31(41)37-47(42,43)28-12-8-7-11-26(28)34/h7-8,10-14,16-18,20-21H,6,9,15,19,22-23H2,1-5H3,(H,37,41). The Hall–Kier alpha value is -4.14. The number of aromatic nitrogens is 3. The molecule has 0 saturated carbocycles. The van der Waals surface area contributed by atoms with Crippen molar-refractivity contribution in [2.75, 3.05) is 20.3 Å². The summed E-state index contributed by atoms with van der Waals surface area (Å²) in [5.41, 5.74) is -1.06. The Morgan fingerprint density at radius 1 is 1.11 bits per heavy atom. The fourth-order valence-corrected chi connectivity index (χ4v) is 7.03. The van der Waals surface area contributed by atoms with Crippen LogP contribution in [0.1, 0.15) is 61.5 Å². The molecule has 1 unspecified atom stereocenters. The van der Waals surface area contributed by atoms with Crippen molar-refractivity contribution in [1.82, 2.24) is 24.4 Å². The zero-order valence-corrected chi connectivity index (χ0v) is 28.7. The molecule has 2 aromatic carbocycles. The molecule has 47 heavy (non-hydrogen) atoms. The van der Waals surface area contributed by atoms with E-state index >= 15 is 0 Å². The number of carbonyl (C=O) groups excluding carboxylic acids is 2. The van der Waals surface area contributed by atoms with Crippen molar-refractivity contribution < 1.29 is 31.9 Å². The van der Waals surface area contributed by atoms with Crippen LogP contribution in [-0.4, -0.2) is 65.8 Å². The maximum Gasteiger partial charge on any atom is 0.267 e. The maximum absolute atomic E-state index is 14.8. The van der Waals surface area contributed by atoms with Gasteiger partial charge in [-0.15, -0.1) is 11.3 Å². The molecule has 1 N–H and O–H groups in total. The summed E-state index contributed by atoms with van der Waals surface area (Å²) in [7, 11) is -3.21. The van der Waals surface area contributed by atoms with E-state index < -0.39 is 38.1 Å². The van der Waals surface area contributed by atoms with E-state index in [1.54, 1.807) is 36.0 Å². The van der Waals surface area contributed by atoms with E-state index in [2.05, 4.69) is 14.8 Å². The third-order valence-electron chi connectivity index (χ3n) is 7.57. The van der Waals surface area contributed by atoms with E-state index in [1.807, 2.05) is 33.8 Å². The van der Waals surface area contributed by atoms with Gasteiger partial charge in [-0.3, -0.25) is 14.3 Å². The van der Waals surface area contributed by atoms with Crippen LogP contribution in [0.4, 0.5) is 4.39 Å². The first kappa shape index (κ1) is 35.7. The molecule has 14 heteroatoms. The van der Waals surface area contributed by atoms with E-state index in [9.17, 15) is 22.4 Å². The molecule has 0 aliphatic heterocycles. The Kier molecular flexibility index (Phi) is 11.5. The molecule has 11 nitrogen and oxygen atoms in total. The van der Waals surface area contributed by atoms with Crippen molar-refractivity contribution in [2.45, 2.75) is 69.5 Å². The highest BCUT2D eigenvalue weighted by atomic mass is 32.2. The number of hydrogen-bond acceptors (Lipinski definition) is 9. The fraction of sp³-hybridized carbons (Fsp3) is 0.394. The molecule has 0 bridgehead atoms. The smallest absolute Gasteiger partial charge is 0.267 e. The number of nitrogens with one attached hydrogen (secondary N) is 1. The maximum atomic E-state index is 14.8. The zero-order chi connectivity index (χ0) is 34.2. The van der Waals surface area contributed by atoms with Crippen LogP contribution < -0.4 is 9.46 Å². The number of amides is 2. The second-order valence-electron chi connectivity index (χ2n) is 11.9. The van der Waals surface area contributed by atoms with Gasteiger partial charge in [0.1, 0.15) is 27.0 Å². The zero-order valence-electron chi connectivity index (χ0n) is 27.1. The van der Waals surface area contributed by atoms with Crippen LogP contribution in [0.3, 0.4) is 0 Å². The Bertz CT molecular complexity index is 1760. The highest BCUT2D eigenvalue weighted by Crippen LogP contribution is 2.35. The number of hydrogen-bond donors (Lipinski definition) is 1. The summed E-state index contributed by atoms with van der Waals surface area (Å²) in [6.07, 6.45) is 4.94. The summed E-state index contributed by atoms with van der Waals surface area (Å²) >= 11 is 1.28. The first-order valence-electron chi connectivity index (χ1n) is 15.1. The topological polar surface area (TPSA) is 133 Å². The van der Waals surface area contributed by atoms with Crippen LogP contribution in [0.25, 0.3) is 0 Å². The van der Waals surface area contributed by atoms with Crippen LogP contribution in [0.5, 0.6) is 5.75 Å². The lowest BCUT2D eigenvalue weighted by atomic mass is 9.85. The molecular formula is C33H40FN5O6S2. The number of halogens is 1. The molecule has 0 aliphatic carbocycles. The van der Waals surface area contributed by atoms with Crippen molar-refractivity contribution in [3.63, 3.8) is 0 Å². The molecule has 0 spiro atoms. The van der Waals surface area contributed by atoms with Crippen LogP contribution >= 0.6 is 11.3 Å². The normalized spacial score (nSPS) is 13.1. The van der Waals surface area contributed by atoms with Gasteiger partial charge in [0.2, 0.25) is 0 Å². The Morgan fingerprint density at radius 3 is 2.49 bits per heavy atom. The lowest BCUT2D eigenvalue weighted by molar-refractivity contribution is -0.132. The summed E-state index contributed by atoms with van der Waals surface area (Å²) in [5.74, 6) is -2.11. The molecule has 2 heterocycles. The summed E-state index contributed by atoms with van der Waals surface area (Å²) in [4.78, 5) is 34.4. The summed E-state index contributed by atoms with van der Waals surface area (Å²) in [5, 5.41) is 6.55. The second kappa shape index (κ2) is 15.2. The lowest BCUT2D eigenvalue weighted by Crippen LogP contribution is -2.63. The molecule has 0 saturated heterocycles. The number of rotatable bonds is 15. The number of carbonyl (C=O) groups is 2. The van der Waals surface area contributed by atoms with Gasteiger partial charge in [0, 0.05) is 43.3 Å². The van der Waals surface area contributed by atoms with E-state index in [4.69, 9.17) is 9.47 Å².